The van der Waals surface area contributed by atoms with Gasteiger partial charge in [0.15, 0.2) is 0 Å². The van der Waals surface area contributed by atoms with Gasteiger partial charge in [-0.15, -0.1) is 11.3 Å². The van der Waals surface area contributed by atoms with E-state index in [9.17, 15) is 0 Å². The predicted molar refractivity (Wildman–Crippen MR) is 91.4 cm³/mol. The molecule has 102 valence electrons. The third-order valence-corrected chi connectivity index (χ3v) is 5.71. The number of hydrogen-bond donors (Lipinski definition) is 1. The lowest BCUT2D eigenvalue weighted by Gasteiger charge is -2.19. The predicted octanol–water partition coefficient (Wildman–Crippen LogP) is 5.93. The fraction of sp³-hybridized carbons (Fsp3) is 0.286. The zero-order valence-corrected chi connectivity index (χ0v) is 15.4. The van der Waals surface area contributed by atoms with E-state index in [-0.39, 0.29) is 6.04 Å². The molecule has 0 aliphatic rings. The van der Waals surface area contributed by atoms with Crippen molar-refractivity contribution < 1.29 is 0 Å². The van der Waals surface area contributed by atoms with Gasteiger partial charge in [-0.2, -0.15) is 0 Å². The van der Waals surface area contributed by atoms with E-state index in [0.29, 0.717) is 0 Å². The molecule has 2 aromatic rings. The highest BCUT2D eigenvalue weighted by Gasteiger charge is 2.18. The van der Waals surface area contributed by atoms with E-state index < -0.39 is 0 Å². The average Bonchev–Trinajstić information content (AvgIpc) is 2.69. The van der Waals surface area contributed by atoms with Gasteiger partial charge in [-0.25, -0.2) is 0 Å². The molecular weight excluding hydrogens is 409 g/mol. The van der Waals surface area contributed by atoms with Crippen LogP contribution >= 0.6 is 54.8 Å². The van der Waals surface area contributed by atoms with Crippen molar-refractivity contribution in [1.82, 2.24) is 5.32 Å². The number of rotatable bonds is 4. The van der Waals surface area contributed by atoms with Gasteiger partial charge in [0.1, 0.15) is 0 Å². The van der Waals surface area contributed by atoms with Crippen molar-refractivity contribution in [2.24, 2.45) is 0 Å². The molecule has 0 amide bonds. The molecule has 0 aliphatic heterocycles. The Morgan fingerprint density at radius 2 is 2.05 bits per heavy atom. The maximum atomic E-state index is 6.07. The summed E-state index contributed by atoms with van der Waals surface area (Å²) in [5, 5.41) is 4.28. The number of benzene rings is 1. The summed E-state index contributed by atoms with van der Waals surface area (Å²) < 4.78 is 2.09. The van der Waals surface area contributed by atoms with Gasteiger partial charge in [-0.3, -0.25) is 0 Å². The maximum absolute atomic E-state index is 6.07. The third kappa shape index (κ3) is 3.61. The Morgan fingerprint density at radius 1 is 1.32 bits per heavy atom. The number of halogens is 3. The van der Waals surface area contributed by atoms with E-state index in [4.69, 9.17) is 11.6 Å². The average molecular weight is 424 g/mol. The molecule has 0 fully saturated rings. The van der Waals surface area contributed by atoms with Gasteiger partial charge in [0.25, 0.3) is 0 Å². The lowest BCUT2D eigenvalue weighted by Crippen LogP contribution is -2.22. The molecule has 5 heteroatoms. The molecule has 1 unspecified atom stereocenters. The van der Waals surface area contributed by atoms with Crippen molar-refractivity contribution in [3.05, 3.63) is 53.6 Å². The van der Waals surface area contributed by atoms with Crippen molar-refractivity contribution in [2.45, 2.75) is 19.9 Å². The van der Waals surface area contributed by atoms with Gasteiger partial charge < -0.3 is 5.32 Å². The summed E-state index contributed by atoms with van der Waals surface area (Å²) in [4.78, 5) is 1.32. The Labute approximate surface area is 139 Å². The van der Waals surface area contributed by atoms with Gasteiger partial charge in [0.2, 0.25) is 0 Å². The minimum absolute atomic E-state index is 0.195. The molecule has 0 bridgehead atoms. The summed E-state index contributed by atoms with van der Waals surface area (Å²) in [6, 6.07) is 8.48. The van der Waals surface area contributed by atoms with Crippen LogP contribution in [0.15, 0.2) is 32.5 Å². The second kappa shape index (κ2) is 6.72. The molecule has 0 saturated carbocycles. The third-order valence-electron chi connectivity index (χ3n) is 2.92. The van der Waals surface area contributed by atoms with E-state index >= 15 is 0 Å². The molecule has 0 radical (unpaired) electrons. The molecule has 1 N–H and O–H groups in total. The number of aryl methyl sites for hydroxylation is 1. The molecule has 0 saturated heterocycles. The summed E-state index contributed by atoms with van der Waals surface area (Å²) in [5.41, 5.74) is 2.53. The highest BCUT2D eigenvalue weighted by Crippen LogP contribution is 2.35. The Bertz CT molecular complexity index is 583. The number of nitrogens with one attached hydrogen (secondary N) is 1. The van der Waals surface area contributed by atoms with Crippen LogP contribution in [0.2, 0.25) is 5.02 Å². The van der Waals surface area contributed by atoms with Crippen molar-refractivity contribution in [1.29, 1.82) is 0 Å². The van der Waals surface area contributed by atoms with Crippen LogP contribution in [-0.2, 0) is 0 Å². The van der Waals surface area contributed by atoms with E-state index in [1.807, 2.05) is 6.07 Å². The van der Waals surface area contributed by atoms with Crippen LogP contribution in [0.3, 0.4) is 0 Å². The van der Waals surface area contributed by atoms with E-state index in [0.717, 1.165) is 19.8 Å². The fourth-order valence-corrected chi connectivity index (χ4v) is 4.31. The van der Waals surface area contributed by atoms with Crippen LogP contribution in [-0.4, -0.2) is 6.54 Å². The monoisotopic (exact) mass is 421 g/mol. The Balaban J connectivity index is 2.44. The first-order valence-electron chi connectivity index (χ1n) is 5.97. The van der Waals surface area contributed by atoms with Crippen LogP contribution in [0.1, 0.15) is 29.0 Å². The summed E-state index contributed by atoms with van der Waals surface area (Å²) in [7, 11) is 0. The highest BCUT2D eigenvalue weighted by molar-refractivity contribution is 9.11. The summed E-state index contributed by atoms with van der Waals surface area (Å²) in [6.07, 6.45) is 0. The molecule has 1 heterocycles. The van der Waals surface area contributed by atoms with Gasteiger partial charge in [0, 0.05) is 9.35 Å². The lowest BCUT2D eigenvalue weighted by atomic mass is 9.99. The molecule has 1 nitrogen and oxygen atoms in total. The zero-order chi connectivity index (χ0) is 14.0. The van der Waals surface area contributed by atoms with Gasteiger partial charge in [0.05, 0.1) is 14.9 Å². The number of thiophene rings is 1. The van der Waals surface area contributed by atoms with Crippen LogP contribution in [0.4, 0.5) is 0 Å². The van der Waals surface area contributed by atoms with Crippen molar-refractivity contribution in [3.8, 4) is 0 Å². The normalized spacial score (nSPS) is 12.7. The highest BCUT2D eigenvalue weighted by atomic mass is 79.9. The standard InChI is InChI=1S/C14H14Br2ClNS/c1-3-18-14(10-7-13(16)19-8(10)2)9-4-5-12(17)11(15)6-9/h4-7,14,18H,3H2,1-2H3. The molecule has 0 spiro atoms. The van der Waals surface area contributed by atoms with Crippen LogP contribution in [0, 0.1) is 6.92 Å². The largest absolute Gasteiger partial charge is 0.306 e. The summed E-state index contributed by atoms with van der Waals surface area (Å²) in [6.45, 7) is 5.19. The molecule has 19 heavy (non-hydrogen) atoms. The summed E-state index contributed by atoms with van der Waals surface area (Å²) >= 11 is 14.9. The molecule has 2 rings (SSSR count). The van der Waals surface area contributed by atoms with E-state index in [1.54, 1.807) is 11.3 Å². The minimum Gasteiger partial charge on any atom is -0.306 e. The first kappa shape index (κ1) is 15.5. The van der Waals surface area contributed by atoms with E-state index in [2.05, 4.69) is 69.2 Å². The van der Waals surface area contributed by atoms with Gasteiger partial charge in [-0.1, -0.05) is 24.6 Å². The second-order valence-corrected chi connectivity index (χ2v) is 8.12. The molecular formula is C14H14Br2ClNS. The van der Waals surface area contributed by atoms with Gasteiger partial charge >= 0.3 is 0 Å². The fourth-order valence-electron chi connectivity index (χ4n) is 2.05. The smallest absolute Gasteiger partial charge is 0.0704 e. The minimum atomic E-state index is 0.195. The summed E-state index contributed by atoms with van der Waals surface area (Å²) in [5.74, 6) is 0. The Kier molecular flexibility index (Phi) is 5.49. The topological polar surface area (TPSA) is 12.0 Å². The first-order chi connectivity index (χ1) is 9.02. The maximum Gasteiger partial charge on any atom is 0.0704 e. The Morgan fingerprint density at radius 3 is 2.58 bits per heavy atom. The Hall–Kier alpha value is 0.130. The molecule has 1 aromatic heterocycles. The van der Waals surface area contributed by atoms with Crippen LogP contribution < -0.4 is 5.32 Å². The molecule has 1 aromatic carbocycles. The first-order valence-corrected chi connectivity index (χ1v) is 8.75. The molecule has 1 atom stereocenters. The number of hydrogen-bond acceptors (Lipinski definition) is 2. The zero-order valence-electron chi connectivity index (χ0n) is 10.6. The lowest BCUT2D eigenvalue weighted by molar-refractivity contribution is 0.629. The van der Waals surface area contributed by atoms with Crippen molar-refractivity contribution in [2.75, 3.05) is 6.54 Å². The van der Waals surface area contributed by atoms with Gasteiger partial charge in [-0.05, 0) is 74.7 Å². The van der Waals surface area contributed by atoms with Crippen molar-refractivity contribution in [3.63, 3.8) is 0 Å². The molecule has 0 aliphatic carbocycles. The van der Waals surface area contributed by atoms with Crippen LogP contribution in [0.5, 0.6) is 0 Å². The van der Waals surface area contributed by atoms with Crippen LogP contribution in [0.25, 0.3) is 0 Å². The quantitative estimate of drug-likeness (QED) is 0.642. The van der Waals surface area contributed by atoms with Crippen molar-refractivity contribution >= 4 is 54.8 Å². The SMILES string of the molecule is CCNC(c1ccc(Cl)c(Br)c1)c1cc(Br)sc1C. The second-order valence-electron chi connectivity index (χ2n) is 4.23. The van der Waals surface area contributed by atoms with E-state index in [1.165, 1.54) is 16.0 Å².